The maximum Gasteiger partial charge on any atom is 0.490 e. The number of rotatable bonds is 9. The van der Waals surface area contributed by atoms with Crippen molar-refractivity contribution in [1.82, 2.24) is 10.2 Å². The van der Waals surface area contributed by atoms with Crippen LogP contribution < -0.4 is 16.4 Å². The predicted octanol–water partition coefficient (Wildman–Crippen LogP) is 5.70. The first-order valence-corrected chi connectivity index (χ1v) is 14.6. The van der Waals surface area contributed by atoms with E-state index in [1.165, 1.54) is 43.5 Å². The molecule has 10 heteroatoms. The zero-order chi connectivity index (χ0) is 30.6. The number of para-hydroxylation sites is 2. The highest BCUT2D eigenvalue weighted by Gasteiger charge is 2.53. The Kier molecular flexibility index (Phi) is 9.08. The minimum atomic E-state index is -5.08. The maximum atomic E-state index is 12.5. The molecule has 2 unspecified atom stereocenters. The quantitative estimate of drug-likeness (QED) is 0.237. The fourth-order valence-corrected chi connectivity index (χ4v) is 6.31. The molecule has 0 bridgehead atoms. The van der Waals surface area contributed by atoms with E-state index in [1.807, 2.05) is 30.3 Å². The van der Waals surface area contributed by atoms with Crippen LogP contribution in [0.2, 0.25) is 0 Å². The Labute approximate surface area is 249 Å². The van der Waals surface area contributed by atoms with Crippen LogP contribution in [0.1, 0.15) is 53.1 Å². The van der Waals surface area contributed by atoms with E-state index in [0.29, 0.717) is 28.4 Å². The second-order valence-electron chi connectivity index (χ2n) is 12.0. The summed E-state index contributed by atoms with van der Waals surface area (Å²) in [5.74, 6) is -2.16. The van der Waals surface area contributed by atoms with Crippen LogP contribution in [-0.2, 0) is 11.2 Å². The second-order valence-corrected chi connectivity index (χ2v) is 12.0. The molecule has 1 aliphatic heterocycles. The van der Waals surface area contributed by atoms with Gasteiger partial charge in [-0.2, -0.15) is 13.2 Å². The first kappa shape index (κ1) is 30.6. The van der Waals surface area contributed by atoms with Crippen LogP contribution >= 0.6 is 0 Å². The number of carboxylic acids is 1. The first-order valence-electron chi connectivity index (χ1n) is 14.6. The van der Waals surface area contributed by atoms with Gasteiger partial charge in [-0.3, -0.25) is 4.79 Å². The zero-order valence-corrected chi connectivity index (χ0v) is 23.8. The molecule has 7 nitrogen and oxygen atoms in total. The van der Waals surface area contributed by atoms with Crippen LogP contribution in [0.15, 0.2) is 78.9 Å². The van der Waals surface area contributed by atoms with Crippen LogP contribution in [0.5, 0.6) is 0 Å². The van der Waals surface area contributed by atoms with Crippen molar-refractivity contribution in [3.8, 4) is 0 Å². The Morgan fingerprint density at radius 2 is 1.58 bits per heavy atom. The van der Waals surface area contributed by atoms with Gasteiger partial charge in [0.05, 0.1) is 11.4 Å². The van der Waals surface area contributed by atoms with Crippen molar-refractivity contribution >= 4 is 23.3 Å². The maximum absolute atomic E-state index is 12.5. The summed E-state index contributed by atoms with van der Waals surface area (Å²) in [7, 11) is 0. The number of carbonyl (C=O) groups excluding carboxylic acids is 1. The molecule has 228 valence electrons. The van der Waals surface area contributed by atoms with Gasteiger partial charge in [-0.15, -0.1) is 0 Å². The molecule has 3 aromatic carbocycles. The number of anilines is 2. The molecule has 3 fully saturated rings. The van der Waals surface area contributed by atoms with Gasteiger partial charge in [-0.05, 0) is 79.5 Å². The number of benzene rings is 3. The molecule has 1 spiro atoms. The number of nitrogen functional groups attached to an aromatic ring is 1. The molecule has 1 saturated heterocycles. The summed E-state index contributed by atoms with van der Waals surface area (Å²) in [6, 6.07) is 27.7. The van der Waals surface area contributed by atoms with Crippen molar-refractivity contribution in [2.24, 2.45) is 5.41 Å². The predicted molar refractivity (Wildman–Crippen MR) is 160 cm³/mol. The number of nitrogens with zero attached hydrogens (tertiary/aromatic N) is 1. The van der Waals surface area contributed by atoms with Crippen molar-refractivity contribution in [2.45, 2.75) is 56.3 Å². The summed E-state index contributed by atoms with van der Waals surface area (Å²) in [5.41, 5.74) is 11.2. The van der Waals surface area contributed by atoms with Gasteiger partial charge >= 0.3 is 12.1 Å². The van der Waals surface area contributed by atoms with E-state index >= 15 is 0 Å². The molecule has 2 saturated carbocycles. The van der Waals surface area contributed by atoms with E-state index < -0.39 is 12.1 Å². The number of nitrogens with two attached hydrogens (primary N) is 1. The molecule has 0 aromatic heterocycles. The Morgan fingerprint density at radius 1 is 0.953 bits per heavy atom. The van der Waals surface area contributed by atoms with Crippen LogP contribution in [0, 0.1) is 5.41 Å². The van der Waals surface area contributed by atoms with Gasteiger partial charge in [0, 0.05) is 36.7 Å². The van der Waals surface area contributed by atoms with E-state index in [2.05, 4.69) is 58.0 Å². The molecule has 2 aliphatic carbocycles. The fourth-order valence-electron chi connectivity index (χ4n) is 6.31. The number of hydrogen-bond acceptors (Lipinski definition) is 5. The number of hydrogen-bond donors (Lipinski definition) is 4. The van der Waals surface area contributed by atoms with Crippen molar-refractivity contribution < 1.29 is 27.9 Å². The lowest BCUT2D eigenvalue weighted by Crippen LogP contribution is -2.66. The number of alkyl halides is 3. The molecule has 3 aromatic rings. The van der Waals surface area contributed by atoms with E-state index in [0.717, 1.165) is 31.3 Å². The largest absolute Gasteiger partial charge is 0.490 e. The highest BCUT2D eigenvalue weighted by molar-refractivity contribution is 6.05. The second kappa shape index (κ2) is 12.8. The molecule has 6 rings (SSSR count). The number of halogens is 3. The molecule has 5 N–H and O–H groups in total. The van der Waals surface area contributed by atoms with E-state index in [9.17, 15) is 18.0 Å². The summed E-state index contributed by atoms with van der Waals surface area (Å²) in [4.78, 5) is 24.0. The minimum absolute atomic E-state index is 0.129. The molecule has 1 heterocycles. The van der Waals surface area contributed by atoms with E-state index in [1.54, 1.807) is 6.07 Å². The smallest absolute Gasteiger partial charge is 0.475 e. The average molecular weight is 595 g/mol. The molecule has 43 heavy (non-hydrogen) atoms. The molecule has 0 radical (unpaired) electrons. The lowest BCUT2D eigenvalue weighted by molar-refractivity contribution is -0.192. The first-order chi connectivity index (χ1) is 20.5. The molecule has 1 amide bonds. The SMILES string of the molecule is Nc1ccccc1NC(=O)c1ccc(CCCN2CC3(CC(NC4CC4c4ccccc4)C3)C2)cc1.O=C(O)C(F)(F)F. The highest BCUT2D eigenvalue weighted by atomic mass is 19.4. The Balaban J connectivity index is 0.000000472. The summed E-state index contributed by atoms with van der Waals surface area (Å²) in [6.45, 7) is 3.69. The number of likely N-dealkylation sites (tertiary alicyclic amines) is 1. The summed E-state index contributed by atoms with van der Waals surface area (Å²) < 4.78 is 31.7. The normalized spacial score (nSPS) is 20.7. The van der Waals surface area contributed by atoms with Crippen molar-refractivity contribution in [2.75, 3.05) is 30.7 Å². The minimum Gasteiger partial charge on any atom is -0.475 e. The zero-order valence-electron chi connectivity index (χ0n) is 23.8. The topological polar surface area (TPSA) is 108 Å². The van der Waals surface area contributed by atoms with Crippen molar-refractivity contribution in [3.63, 3.8) is 0 Å². The lowest BCUT2D eigenvalue weighted by Gasteiger charge is -2.59. The van der Waals surface area contributed by atoms with Crippen LogP contribution in [0.4, 0.5) is 24.5 Å². The standard InChI is InChI=1S/C31H36N4O.C2HF3O2/c32-27-10-4-5-11-28(27)34-30(36)24-14-12-22(13-15-24)7-6-16-35-20-31(21-35)18-25(19-31)33-29-17-26(29)23-8-2-1-3-9-23;3-2(4,5)1(6)7/h1-5,8-15,25-26,29,33H,6-7,16-21,32H2,(H,34,36);(H,6,7). The van der Waals surface area contributed by atoms with Gasteiger partial charge in [-0.25, -0.2) is 4.79 Å². The average Bonchev–Trinajstić information content (AvgIpc) is 3.71. The Hall–Kier alpha value is -3.89. The number of aryl methyl sites for hydroxylation is 1. The van der Waals surface area contributed by atoms with Gasteiger partial charge in [0.15, 0.2) is 0 Å². The Morgan fingerprint density at radius 3 is 2.21 bits per heavy atom. The van der Waals surface area contributed by atoms with Crippen LogP contribution in [-0.4, -0.2) is 59.8 Å². The van der Waals surface area contributed by atoms with E-state index in [4.69, 9.17) is 15.6 Å². The van der Waals surface area contributed by atoms with Gasteiger partial charge < -0.3 is 26.4 Å². The fraction of sp³-hybridized carbons (Fsp3) is 0.394. The molecule has 3 aliphatic rings. The monoisotopic (exact) mass is 594 g/mol. The molecular formula is C33H37F3N4O3. The number of nitrogens with one attached hydrogen (secondary N) is 2. The van der Waals surface area contributed by atoms with Gasteiger partial charge in [0.25, 0.3) is 5.91 Å². The van der Waals surface area contributed by atoms with Gasteiger partial charge in [0.1, 0.15) is 0 Å². The third kappa shape index (κ3) is 7.94. The third-order valence-corrected chi connectivity index (χ3v) is 8.55. The number of carbonyl (C=O) groups is 2. The summed E-state index contributed by atoms with van der Waals surface area (Å²) in [5, 5.41) is 13.9. The van der Waals surface area contributed by atoms with Crippen LogP contribution in [0.3, 0.4) is 0 Å². The van der Waals surface area contributed by atoms with E-state index in [-0.39, 0.29) is 5.91 Å². The number of carboxylic acid groups (broad SMARTS) is 1. The summed E-state index contributed by atoms with van der Waals surface area (Å²) >= 11 is 0. The number of aliphatic carboxylic acids is 1. The van der Waals surface area contributed by atoms with Gasteiger partial charge in [0.2, 0.25) is 0 Å². The lowest BCUT2D eigenvalue weighted by atomic mass is 9.60. The van der Waals surface area contributed by atoms with Gasteiger partial charge in [-0.1, -0.05) is 54.6 Å². The Bertz CT molecular complexity index is 1400. The molecule has 2 atom stereocenters. The molecular weight excluding hydrogens is 557 g/mol. The van der Waals surface area contributed by atoms with Crippen molar-refractivity contribution in [3.05, 3.63) is 95.6 Å². The number of amides is 1. The van der Waals surface area contributed by atoms with Crippen molar-refractivity contribution in [1.29, 1.82) is 0 Å². The highest BCUT2D eigenvalue weighted by Crippen LogP contribution is 2.50. The summed E-state index contributed by atoms with van der Waals surface area (Å²) in [6.07, 6.45) is 1.11. The van der Waals surface area contributed by atoms with Crippen LogP contribution in [0.25, 0.3) is 0 Å². The third-order valence-electron chi connectivity index (χ3n) is 8.55.